The summed E-state index contributed by atoms with van der Waals surface area (Å²) in [4.78, 5) is 75.3. The summed E-state index contributed by atoms with van der Waals surface area (Å²) in [5, 5.41) is 35.0. The Hall–Kier alpha value is -4.46. The van der Waals surface area contributed by atoms with Crippen LogP contribution in [0.3, 0.4) is 0 Å². The number of rotatable bonds is 15. The molecule has 1 aromatic heterocycles. The summed E-state index contributed by atoms with van der Waals surface area (Å²) in [6.45, 7) is 3.18. The van der Waals surface area contributed by atoms with Gasteiger partial charge in [-0.1, -0.05) is 32.0 Å². The van der Waals surface area contributed by atoms with Crippen molar-refractivity contribution in [1.29, 1.82) is 0 Å². The Morgan fingerprint density at radius 2 is 1.51 bits per heavy atom. The van der Waals surface area contributed by atoms with Gasteiger partial charge in [0.2, 0.25) is 17.7 Å². The molecule has 2 aromatic rings. The standard InChI is InChI=1S/C25H33N5O9/c1-12(2)21(24(37)29-18(25(38)39)10-20(33)34)30-23(36)17(28-22(35)15(26)7-8-19(31)32)9-13-11-27-16-6-4-3-5-14(13)16/h3-6,11-12,15,17-18,21,27H,7-10,26H2,1-2H3,(H,28,35)(H,29,37)(H,30,36)(H,31,32)(H,33,34)(H,38,39). The van der Waals surface area contributed by atoms with Gasteiger partial charge in [0, 0.05) is 29.9 Å². The first kappa shape index (κ1) is 30.8. The maximum absolute atomic E-state index is 13.4. The van der Waals surface area contributed by atoms with E-state index >= 15 is 0 Å². The number of aromatic nitrogens is 1. The number of aliphatic carboxylic acids is 3. The Balaban J connectivity index is 2.28. The highest BCUT2D eigenvalue weighted by atomic mass is 16.4. The van der Waals surface area contributed by atoms with E-state index in [1.54, 1.807) is 26.1 Å². The number of carbonyl (C=O) groups is 6. The molecule has 0 aliphatic heterocycles. The first-order valence-electron chi connectivity index (χ1n) is 12.2. The summed E-state index contributed by atoms with van der Waals surface area (Å²) in [6, 6.07) is 1.81. The van der Waals surface area contributed by atoms with Crippen molar-refractivity contribution in [3.05, 3.63) is 36.0 Å². The van der Waals surface area contributed by atoms with E-state index in [4.69, 9.17) is 15.9 Å². The molecular weight excluding hydrogens is 514 g/mol. The van der Waals surface area contributed by atoms with Crippen LogP contribution in [0.15, 0.2) is 30.5 Å². The van der Waals surface area contributed by atoms with E-state index in [0.717, 1.165) is 10.9 Å². The molecule has 14 nitrogen and oxygen atoms in total. The van der Waals surface area contributed by atoms with Gasteiger partial charge in [0.05, 0.1) is 12.5 Å². The number of carbonyl (C=O) groups excluding carboxylic acids is 3. The molecule has 1 heterocycles. The van der Waals surface area contributed by atoms with Gasteiger partial charge in [-0.15, -0.1) is 0 Å². The molecule has 14 heteroatoms. The van der Waals surface area contributed by atoms with Gasteiger partial charge >= 0.3 is 17.9 Å². The van der Waals surface area contributed by atoms with Crippen LogP contribution in [0.25, 0.3) is 10.9 Å². The fourth-order valence-corrected chi connectivity index (χ4v) is 3.84. The fraction of sp³-hybridized carbons (Fsp3) is 0.440. The van der Waals surface area contributed by atoms with Crippen molar-refractivity contribution in [2.75, 3.05) is 0 Å². The van der Waals surface area contributed by atoms with Gasteiger partial charge < -0.3 is 42.0 Å². The molecule has 0 saturated heterocycles. The molecule has 0 aliphatic rings. The Labute approximate surface area is 223 Å². The predicted molar refractivity (Wildman–Crippen MR) is 137 cm³/mol. The average Bonchev–Trinajstić information content (AvgIpc) is 3.26. The summed E-state index contributed by atoms with van der Waals surface area (Å²) < 4.78 is 0. The molecule has 2 rings (SSSR count). The van der Waals surface area contributed by atoms with E-state index in [-0.39, 0.29) is 19.3 Å². The van der Waals surface area contributed by atoms with Crippen molar-refractivity contribution in [1.82, 2.24) is 20.9 Å². The second-order valence-electron chi connectivity index (χ2n) is 9.39. The van der Waals surface area contributed by atoms with Crippen molar-refractivity contribution in [2.24, 2.45) is 11.7 Å². The molecule has 212 valence electrons. The molecule has 1 aromatic carbocycles. The van der Waals surface area contributed by atoms with Crippen molar-refractivity contribution >= 4 is 46.5 Å². The third-order valence-corrected chi connectivity index (χ3v) is 5.98. The minimum atomic E-state index is -1.72. The van der Waals surface area contributed by atoms with Crippen LogP contribution in [-0.2, 0) is 35.2 Å². The number of para-hydroxylation sites is 1. The zero-order valence-electron chi connectivity index (χ0n) is 21.5. The SMILES string of the molecule is CC(C)C(NC(=O)C(Cc1c[nH]c2ccccc12)NC(=O)C(N)CCC(=O)O)C(=O)NC(CC(=O)O)C(=O)O. The minimum absolute atomic E-state index is 0.0174. The van der Waals surface area contributed by atoms with E-state index in [2.05, 4.69) is 20.9 Å². The van der Waals surface area contributed by atoms with Crippen LogP contribution >= 0.6 is 0 Å². The summed E-state index contributed by atoms with van der Waals surface area (Å²) in [5.41, 5.74) is 7.27. The number of H-pyrrole nitrogens is 1. The van der Waals surface area contributed by atoms with E-state index in [1.165, 1.54) is 0 Å². The van der Waals surface area contributed by atoms with Gasteiger partial charge in [0.25, 0.3) is 0 Å². The highest BCUT2D eigenvalue weighted by Gasteiger charge is 2.33. The van der Waals surface area contributed by atoms with Crippen LogP contribution < -0.4 is 21.7 Å². The molecule has 39 heavy (non-hydrogen) atoms. The quantitative estimate of drug-likeness (QED) is 0.143. The van der Waals surface area contributed by atoms with Crippen molar-refractivity contribution in [2.45, 2.75) is 63.7 Å². The summed E-state index contributed by atoms with van der Waals surface area (Å²) in [6.07, 6.45) is 0.256. The lowest BCUT2D eigenvalue weighted by Crippen LogP contribution is -2.59. The van der Waals surface area contributed by atoms with Crippen LogP contribution in [0.2, 0.25) is 0 Å². The Kier molecular flexibility index (Phi) is 11.0. The number of benzene rings is 1. The van der Waals surface area contributed by atoms with Crippen LogP contribution in [0, 0.1) is 5.92 Å². The lowest BCUT2D eigenvalue weighted by Gasteiger charge is -2.27. The highest BCUT2D eigenvalue weighted by molar-refractivity contribution is 5.95. The second-order valence-corrected chi connectivity index (χ2v) is 9.39. The Bertz CT molecular complexity index is 1230. The van der Waals surface area contributed by atoms with Crippen LogP contribution in [0.5, 0.6) is 0 Å². The summed E-state index contributed by atoms with van der Waals surface area (Å²) >= 11 is 0. The van der Waals surface area contributed by atoms with E-state index in [0.29, 0.717) is 5.56 Å². The normalized spacial score (nSPS) is 14.2. The number of fused-ring (bicyclic) bond motifs is 1. The molecule has 0 saturated carbocycles. The fourth-order valence-electron chi connectivity index (χ4n) is 3.84. The van der Waals surface area contributed by atoms with Gasteiger partial charge in [-0.3, -0.25) is 24.0 Å². The number of hydrogen-bond donors (Lipinski definition) is 8. The molecule has 0 spiro atoms. The minimum Gasteiger partial charge on any atom is -0.481 e. The number of hydrogen-bond acceptors (Lipinski definition) is 7. The summed E-state index contributed by atoms with van der Waals surface area (Å²) in [5.74, 6) is -7.14. The van der Waals surface area contributed by atoms with Gasteiger partial charge in [0.15, 0.2) is 0 Å². The van der Waals surface area contributed by atoms with Crippen molar-refractivity contribution in [3.8, 4) is 0 Å². The molecule has 4 unspecified atom stereocenters. The number of aromatic amines is 1. The largest absolute Gasteiger partial charge is 0.481 e. The topological polar surface area (TPSA) is 241 Å². The van der Waals surface area contributed by atoms with Crippen LogP contribution in [-0.4, -0.2) is 80.1 Å². The molecule has 4 atom stereocenters. The van der Waals surface area contributed by atoms with Crippen LogP contribution in [0.4, 0.5) is 0 Å². The second kappa shape index (κ2) is 13.9. The number of nitrogens with two attached hydrogens (primary N) is 1. The lowest BCUT2D eigenvalue weighted by molar-refractivity contribution is -0.147. The monoisotopic (exact) mass is 547 g/mol. The first-order chi connectivity index (χ1) is 18.3. The van der Waals surface area contributed by atoms with Crippen LogP contribution in [0.1, 0.15) is 38.7 Å². The Morgan fingerprint density at radius 3 is 2.10 bits per heavy atom. The lowest BCUT2D eigenvalue weighted by atomic mass is 9.99. The van der Waals surface area contributed by atoms with E-state index in [1.807, 2.05) is 18.2 Å². The van der Waals surface area contributed by atoms with Gasteiger partial charge in [-0.2, -0.15) is 0 Å². The molecular formula is C25H33N5O9. The molecule has 3 amide bonds. The molecule has 0 bridgehead atoms. The molecule has 0 aliphatic carbocycles. The highest BCUT2D eigenvalue weighted by Crippen LogP contribution is 2.19. The number of amides is 3. The average molecular weight is 548 g/mol. The maximum atomic E-state index is 13.4. The summed E-state index contributed by atoms with van der Waals surface area (Å²) in [7, 11) is 0. The molecule has 0 fully saturated rings. The number of carboxylic acid groups (broad SMARTS) is 3. The zero-order valence-corrected chi connectivity index (χ0v) is 21.5. The van der Waals surface area contributed by atoms with E-state index in [9.17, 15) is 33.9 Å². The zero-order chi connectivity index (χ0) is 29.3. The predicted octanol–water partition coefficient (Wildman–Crippen LogP) is -0.428. The Morgan fingerprint density at radius 1 is 0.872 bits per heavy atom. The number of carboxylic acids is 3. The van der Waals surface area contributed by atoms with Crippen molar-refractivity contribution < 1.29 is 44.1 Å². The van der Waals surface area contributed by atoms with E-state index < -0.39 is 72.1 Å². The van der Waals surface area contributed by atoms with Gasteiger partial charge in [0.1, 0.15) is 18.1 Å². The first-order valence-corrected chi connectivity index (χ1v) is 12.2. The number of nitrogens with one attached hydrogen (secondary N) is 4. The van der Waals surface area contributed by atoms with Gasteiger partial charge in [-0.25, -0.2) is 4.79 Å². The smallest absolute Gasteiger partial charge is 0.326 e. The third kappa shape index (κ3) is 9.10. The van der Waals surface area contributed by atoms with Crippen molar-refractivity contribution in [3.63, 3.8) is 0 Å². The molecule has 9 N–H and O–H groups in total. The third-order valence-electron chi connectivity index (χ3n) is 5.98. The molecule has 0 radical (unpaired) electrons. The maximum Gasteiger partial charge on any atom is 0.326 e. The van der Waals surface area contributed by atoms with Gasteiger partial charge in [-0.05, 0) is 24.0 Å².